The van der Waals surface area contributed by atoms with Crippen molar-refractivity contribution in [3.8, 4) is 0 Å². The first-order valence-corrected chi connectivity index (χ1v) is 5.96. The molecule has 0 aliphatic heterocycles. The first kappa shape index (κ1) is 11.1. The molecule has 0 radical (unpaired) electrons. The van der Waals surface area contributed by atoms with E-state index in [1.165, 1.54) is 25.7 Å². The minimum Gasteiger partial charge on any atom is -0.0669 e. The van der Waals surface area contributed by atoms with Gasteiger partial charge in [-0.15, -0.1) is 0 Å². The topological polar surface area (TPSA) is 0 Å². The quantitative estimate of drug-likeness (QED) is 0.584. The second-order valence-corrected chi connectivity index (χ2v) is 6.00. The number of hydrogen-bond acceptors (Lipinski definition) is 0. The zero-order chi connectivity index (χ0) is 10.1. The summed E-state index contributed by atoms with van der Waals surface area (Å²) in [5.41, 5.74) is 0. The maximum absolute atomic E-state index is 2.45. The van der Waals surface area contributed by atoms with Crippen LogP contribution >= 0.6 is 0 Å². The van der Waals surface area contributed by atoms with E-state index in [9.17, 15) is 0 Å². The molecule has 1 heteroatoms. The molecule has 1 aliphatic rings. The Bertz CT molecular complexity index is 155. The van der Waals surface area contributed by atoms with Gasteiger partial charge in [0.05, 0.1) is 0 Å². The van der Waals surface area contributed by atoms with E-state index in [2.05, 4.69) is 35.5 Å². The molecule has 0 nitrogen and oxygen atoms in total. The molecule has 0 saturated heterocycles. The van der Waals surface area contributed by atoms with E-state index in [0.29, 0.717) is 5.31 Å². The first-order valence-electron chi connectivity index (χ1n) is 5.96. The zero-order valence-electron chi connectivity index (χ0n) is 10.1. The molecule has 76 valence electrons. The molecule has 0 aromatic carbocycles. The zero-order valence-corrected chi connectivity index (χ0v) is 10.1. The Morgan fingerprint density at radius 3 is 2.38 bits per heavy atom. The Labute approximate surface area is 84.9 Å². The summed E-state index contributed by atoms with van der Waals surface area (Å²) >= 11 is 0. The van der Waals surface area contributed by atoms with Crippen LogP contribution in [0.3, 0.4) is 0 Å². The van der Waals surface area contributed by atoms with Crippen molar-refractivity contribution in [1.82, 2.24) is 0 Å². The highest BCUT2D eigenvalue weighted by Crippen LogP contribution is 2.50. The van der Waals surface area contributed by atoms with Crippen molar-refractivity contribution in [2.45, 2.75) is 58.7 Å². The molecular formula is C12H25B. The van der Waals surface area contributed by atoms with E-state index >= 15 is 0 Å². The molecule has 3 atom stereocenters. The van der Waals surface area contributed by atoms with Gasteiger partial charge in [0.15, 0.2) is 0 Å². The SMILES string of the molecule is BC(C)(C)C1C(C)CCC1CCC. The van der Waals surface area contributed by atoms with E-state index in [-0.39, 0.29) is 0 Å². The molecule has 3 unspecified atom stereocenters. The Hall–Kier alpha value is 0.0649. The monoisotopic (exact) mass is 180 g/mol. The molecule has 1 rings (SSSR count). The average Bonchev–Trinajstić information content (AvgIpc) is 2.31. The van der Waals surface area contributed by atoms with E-state index in [4.69, 9.17) is 0 Å². The standard InChI is InChI=1S/C12H25B/c1-5-6-10-8-7-9(2)11(10)12(3,4)13/h9-11H,5-8,13H2,1-4H3. The summed E-state index contributed by atoms with van der Waals surface area (Å²) in [5.74, 6) is 2.93. The minimum absolute atomic E-state index is 0.524. The van der Waals surface area contributed by atoms with E-state index in [1.807, 2.05) is 0 Å². The van der Waals surface area contributed by atoms with Crippen molar-refractivity contribution >= 4 is 7.85 Å². The molecule has 0 spiro atoms. The predicted molar refractivity (Wildman–Crippen MR) is 62.9 cm³/mol. The summed E-state index contributed by atoms with van der Waals surface area (Å²) in [7, 11) is 2.42. The van der Waals surface area contributed by atoms with Crippen LogP contribution in [0, 0.1) is 17.8 Å². The summed E-state index contributed by atoms with van der Waals surface area (Å²) in [5, 5.41) is 0.524. The van der Waals surface area contributed by atoms with Crippen LogP contribution in [0.2, 0.25) is 5.31 Å². The van der Waals surface area contributed by atoms with Crippen molar-refractivity contribution in [2.75, 3.05) is 0 Å². The molecule has 0 aromatic rings. The van der Waals surface area contributed by atoms with Crippen LogP contribution in [0.4, 0.5) is 0 Å². The van der Waals surface area contributed by atoms with Gasteiger partial charge in [0, 0.05) is 0 Å². The highest BCUT2D eigenvalue weighted by Gasteiger charge is 2.39. The molecule has 1 aliphatic carbocycles. The van der Waals surface area contributed by atoms with Crippen molar-refractivity contribution in [1.29, 1.82) is 0 Å². The van der Waals surface area contributed by atoms with Gasteiger partial charge in [-0.25, -0.2) is 0 Å². The lowest BCUT2D eigenvalue weighted by Gasteiger charge is -2.35. The van der Waals surface area contributed by atoms with Crippen LogP contribution in [0.15, 0.2) is 0 Å². The Kier molecular flexibility index (Phi) is 3.48. The van der Waals surface area contributed by atoms with Gasteiger partial charge in [-0.3, -0.25) is 0 Å². The lowest BCUT2D eigenvalue weighted by Crippen LogP contribution is -2.25. The summed E-state index contributed by atoms with van der Waals surface area (Å²) in [6.07, 6.45) is 5.76. The van der Waals surface area contributed by atoms with Crippen molar-refractivity contribution < 1.29 is 0 Å². The average molecular weight is 180 g/mol. The van der Waals surface area contributed by atoms with E-state index in [0.717, 1.165) is 17.8 Å². The van der Waals surface area contributed by atoms with Gasteiger partial charge >= 0.3 is 0 Å². The molecule has 0 bridgehead atoms. The molecule has 1 fully saturated rings. The maximum atomic E-state index is 2.45. The van der Waals surface area contributed by atoms with Crippen LogP contribution in [0.1, 0.15) is 53.4 Å². The second kappa shape index (κ2) is 4.06. The van der Waals surface area contributed by atoms with Gasteiger partial charge in [0.2, 0.25) is 0 Å². The minimum atomic E-state index is 0.524. The highest BCUT2D eigenvalue weighted by molar-refractivity contribution is 6.14. The summed E-state index contributed by atoms with van der Waals surface area (Å²) in [6.45, 7) is 9.61. The molecular weight excluding hydrogens is 155 g/mol. The lowest BCUT2D eigenvalue weighted by atomic mass is 9.58. The van der Waals surface area contributed by atoms with Crippen LogP contribution in [-0.2, 0) is 0 Å². The van der Waals surface area contributed by atoms with Crippen molar-refractivity contribution in [3.63, 3.8) is 0 Å². The largest absolute Gasteiger partial charge is 0.109 e. The summed E-state index contributed by atoms with van der Waals surface area (Å²) < 4.78 is 0. The summed E-state index contributed by atoms with van der Waals surface area (Å²) in [4.78, 5) is 0. The molecule has 0 N–H and O–H groups in total. The molecule has 0 aromatic heterocycles. The molecule has 1 saturated carbocycles. The molecule has 0 heterocycles. The van der Waals surface area contributed by atoms with Gasteiger partial charge in [-0.2, -0.15) is 0 Å². The number of hydrogen-bond donors (Lipinski definition) is 0. The molecule has 13 heavy (non-hydrogen) atoms. The van der Waals surface area contributed by atoms with E-state index in [1.54, 1.807) is 0 Å². The van der Waals surface area contributed by atoms with Crippen LogP contribution in [0.5, 0.6) is 0 Å². The van der Waals surface area contributed by atoms with Crippen molar-refractivity contribution in [2.24, 2.45) is 17.8 Å². The van der Waals surface area contributed by atoms with Gasteiger partial charge in [0.1, 0.15) is 7.85 Å². The lowest BCUT2D eigenvalue weighted by molar-refractivity contribution is 0.245. The highest BCUT2D eigenvalue weighted by atomic mass is 14.4. The fraction of sp³-hybridized carbons (Fsp3) is 1.00. The normalized spacial score (nSPS) is 35.2. The van der Waals surface area contributed by atoms with Gasteiger partial charge < -0.3 is 0 Å². The van der Waals surface area contributed by atoms with Gasteiger partial charge in [-0.05, 0) is 24.2 Å². The third-order valence-corrected chi connectivity index (χ3v) is 3.77. The van der Waals surface area contributed by atoms with Crippen LogP contribution in [0.25, 0.3) is 0 Å². The van der Waals surface area contributed by atoms with E-state index < -0.39 is 0 Å². The third kappa shape index (κ3) is 2.51. The first-order chi connectivity index (χ1) is 5.96. The Morgan fingerprint density at radius 2 is 1.92 bits per heavy atom. The molecule has 0 amide bonds. The fourth-order valence-electron chi connectivity index (χ4n) is 3.56. The van der Waals surface area contributed by atoms with Crippen LogP contribution in [-0.4, -0.2) is 7.85 Å². The third-order valence-electron chi connectivity index (χ3n) is 3.77. The maximum Gasteiger partial charge on any atom is 0.109 e. The fourth-order valence-corrected chi connectivity index (χ4v) is 3.56. The van der Waals surface area contributed by atoms with Gasteiger partial charge in [0.25, 0.3) is 0 Å². The second-order valence-electron chi connectivity index (χ2n) is 6.00. The predicted octanol–water partition coefficient (Wildman–Crippen LogP) is 3.28. The smallest absolute Gasteiger partial charge is 0.0669 e. The van der Waals surface area contributed by atoms with Crippen molar-refractivity contribution in [3.05, 3.63) is 0 Å². The Balaban J connectivity index is 2.65. The van der Waals surface area contributed by atoms with Gasteiger partial charge in [-0.1, -0.05) is 52.3 Å². The van der Waals surface area contributed by atoms with Crippen LogP contribution < -0.4 is 0 Å². The summed E-state index contributed by atoms with van der Waals surface area (Å²) in [6, 6.07) is 0. The number of rotatable bonds is 3. The Morgan fingerprint density at radius 1 is 1.31 bits per heavy atom.